The first-order valence-corrected chi connectivity index (χ1v) is 22.1. The number of amides is 5. The minimum Gasteiger partial charge on any atom is -0.379 e. The first-order chi connectivity index (χ1) is 28.2. The molecule has 1 aromatic rings. The molecule has 0 spiro atoms. The topological polar surface area (TPSA) is 153 Å². The van der Waals surface area contributed by atoms with E-state index in [1.165, 1.54) is 0 Å². The number of likely N-dealkylation sites (tertiary alicyclic amines) is 1. The molecule has 1 heterocycles. The molecule has 14 heteroatoms. The van der Waals surface area contributed by atoms with Crippen LogP contribution in [0.15, 0.2) is 30.3 Å². The zero-order chi connectivity index (χ0) is 45.4. The van der Waals surface area contributed by atoms with Crippen molar-refractivity contribution in [1.29, 1.82) is 0 Å². The van der Waals surface area contributed by atoms with E-state index in [2.05, 4.69) is 16.0 Å². The molecule has 0 aromatic heterocycles. The number of hydrogen-bond acceptors (Lipinski definition) is 9. The molecule has 3 N–H and O–H groups in total. The van der Waals surface area contributed by atoms with E-state index in [4.69, 9.17) is 9.47 Å². The van der Waals surface area contributed by atoms with Crippen LogP contribution in [0.4, 0.5) is 0 Å². The number of methoxy groups -OCH3 is 2. The third-order valence-electron chi connectivity index (χ3n) is 12.4. The van der Waals surface area contributed by atoms with E-state index >= 15 is 0 Å². The predicted molar refractivity (Wildman–Crippen MR) is 238 cm³/mol. The second kappa shape index (κ2) is 25.4. The molecule has 0 radical (unpaired) electrons. The lowest BCUT2D eigenvalue weighted by molar-refractivity contribution is -0.148. The lowest BCUT2D eigenvalue weighted by Gasteiger charge is -2.41. The first kappa shape index (κ1) is 52.5. The summed E-state index contributed by atoms with van der Waals surface area (Å²) in [6, 6.07) is 6.86. The van der Waals surface area contributed by atoms with Crippen molar-refractivity contribution in [3.05, 3.63) is 35.9 Å². The van der Waals surface area contributed by atoms with Crippen LogP contribution in [-0.2, 0) is 39.9 Å². The van der Waals surface area contributed by atoms with Gasteiger partial charge in [-0.3, -0.25) is 28.9 Å². The fourth-order valence-electron chi connectivity index (χ4n) is 8.45. The van der Waals surface area contributed by atoms with E-state index in [0.29, 0.717) is 32.5 Å². The van der Waals surface area contributed by atoms with Gasteiger partial charge in [0.15, 0.2) is 0 Å². The van der Waals surface area contributed by atoms with Gasteiger partial charge in [0.2, 0.25) is 29.5 Å². The van der Waals surface area contributed by atoms with Crippen LogP contribution in [0.5, 0.6) is 0 Å². The van der Waals surface area contributed by atoms with Crippen LogP contribution in [-0.4, -0.2) is 160 Å². The maximum atomic E-state index is 14.4. The van der Waals surface area contributed by atoms with Gasteiger partial charge in [0, 0.05) is 53.4 Å². The zero-order valence-electron chi connectivity index (χ0n) is 39.6. The molecule has 5 amide bonds. The number of nitrogens with one attached hydrogen (secondary N) is 3. The van der Waals surface area contributed by atoms with Gasteiger partial charge in [0.25, 0.3) is 0 Å². The summed E-state index contributed by atoms with van der Waals surface area (Å²) in [5, 5.41) is 9.06. The van der Waals surface area contributed by atoms with Crippen LogP contribution < -0.4 is 16.0 Å². The number of rotatable bonds is 25. The molecule has 2 rings (SSSR count). The second-order valence-corrected chi connectivity index (χ2v) is 18.1. The Morgan fingerprint density at radius 3 is 1.98 bits per heavy atom. The first-order valence-electron chi connectivity index (χ1n) is 22.1. The molecule has 1 unspecified atom stereocenters. The number of nitrogens with zero attached hydrogens (tertiary/aromatic N) is 4. The highest BCUT2D eigenvalue weighted by molar-refractivity contribution is 5.91. The van der Waals surface area contributed by atoms with Crippen molar-refractivity contribution in [3.8, 4) is 0 Å². The summed E-state index contributed by atoms with van der Waals surface area (Å²) in [7, 11) is 10.6. The second-order valence-electron chi connectivity index (χ2n) is 18.1. The van der Waals surface area contributed by atoms with Gasteiger partial charge in [0.1, 0.15) is 12.1 Å². The number of hydrogen-bond donors (Lipinski definition) is 3. The number of ether oxygens (including phenoxy) is 2. The van der Waals surface area contributed by atoms with Gasteiger partial charge in [-0.15, -0.1) is 0 Å². The van der Waals surface area contributed by atoms with Gasteiger partial charge >= 0.3 is 0 Å². The lowest BCUT2D eigenvalue weighted by Crippen LogP contribution is -2.60. The smallest absolute Gasteiger partial charge is 0.245 e. The van der Waals surface area contributed by atoms with Crippen LogP contribution in [0.25, 0.3) is 0 Å². The summed E-state index contributed by atoms with van der Waals surface area (Å²) in [4.78, 5) is 77.4. The van der Waals surface area contributed by atoms with Gasteiger partial charge in [-0.05, 0) is 71.1 Å². The predicted octanol–water partition coefficient (Wildman–Crippen LogP) is 3.82. The Kier molecular flexibility index (Phi) is 22.2. The Labute approximate surface area is 362 Å². The molecule has 342 valence electrons. The van der Waals surface area contributed by atoms with Gasteiger partial charge in [0.05, 0.1) is 42.7 Å². The average molecular weight is 844 g/mol. The highest BCUT2D eigenvalue weighted by atomic mass is 16.5. The molecular weight excluding hydrogens is 763 g/mol. The Morgan fingerprint density at radius 2 is 1.47 bits per heavy atom. The molecule has 9 atom stereocenters. The number of likely N-dealkylation sites (N-methyl/N-ethyl adjacent to an activating group) is 3. The van der Waals surface area contributed by atoms with Crippen molar-refractivity contribution in [2.45, 2.75) is 143 Å². The molecule has 60 heavy (non-hydrogen) atoms. The summed E-state index contributed by atoms with van der Waals surface area (Å²) in [6.07, 6.45) is 1.16. The monoisotopic (exact) mass is 844 g/mol. The molecular formula is C46H81N7O7. The van der Waals surface area contributed by atoms with Crippen LogP contribution in [0.2, 0.25) is 0 Å². The largest absolute Gasteiger partial charge is 0.379 e. The van der Waals surface area contributed by atoms with Gasteiger partial charge < -0.3 is 40.1 Å². The van der Waals surface area contributed by atoms with Crippen molar-refractivity contribution in [3.63, 3.8) is 0 Å². The Hall–Kier alpha value is -3.59. The molecule has 1 aromatic carbocycles. The molecule has 1 aliphatic rings. The molecule has 1 saturated heterocycles. The van der Waals surface area contributed by atoms with E-state index in [0.717, 1.165) is 18.4 Å². The summed E-state index contributed by atoms with van der Waals surface area (Å²) >= 11 is 0. The molecule has 0 aliphatic carbocycles. The zero-order valence-corrected chi connectivity index (χ0v) is 39.6. The standard InChI is InChI=1S/C46H81N7O7/c1-16-32(8)41(52(13)46(58)39(29(2)3)49-45(57)40(30(4)5)51(12)31(6)7)37(59-14)28-38(54)53-25-20-23-36(53)42(60-15)33(9)43(55)48-35(27-34-21-18-17-19-22-34)44(56)47-24-26-50(10)11/h17-19,21-22,29-33,35-37,39-42H,16,20,23-28H2,1-15H3,(H,47,56)(H,48,55)(H,49,57)/t32-,33?,35-,36-,37+,39-,40-,41-,42+/m0/s1. The summed E-state index contributed by atoms with van der Waals surface area (Å²) < 4.78 is 12.1. The molecule has 1 fully saturated rings. The van der Waals surface area contributed by atoms with Crippen molar-refractivity contribution in [1.82, 2.24) is 35.6 Å². The Morgan fingerprint density at radius 1 is 0.833 bits per heavy atom. The van der Waals surface area contributed by atoms with Crippen molar-refractivity contribution in [2.24, 2.45) is 23.7 Å². The Bertz CT molecular complexity index is 1490. The normalized spacial score (nSPS) is 18.5. The summed E-state index contributed by atoms with van der Waals surface area (Å²) in [5.74, 6) is -2.06. The lowest BCUT2D eigenvalue weighted by atomic mass is 9.89. The van der Waals surface area contributed by atoms with Crippen molar-refractivity contribution < 1.29 is 33.4 Å². The van der Waals surface area contributed by atoms with E-state index in [1.807, 2.05) is 117 Å². The average Bonchev–Trinajstić information content (AvgIpc) is 3.68. The van der Waals surface area contributed by atoms with Crippen LogP contribution in [0, 0.1) is 23.7 Å². The fraction of sp³-hybridized carbons (Fsp3) is 0.761. The fourth-order valence-corrected chi connectivity index (χ4v) is 8.45. The molecule has 14 nitrogen and oxygen atoms in total. The maximum Gasteiger partial charge on any atom is 0.245 e. The number of carbonyl (C=O) groups is 5. The Balaban J connectivity index is 2.31. The summed E-state index contributed by atoms with van der Waals surface area (Å²) in [5.41, 5.74) is 0.920. The van der Waals surface area contributed by atoms with E-state index in [9.17, 15) is 24.0 Å². The van der Waals surface area contributed by atoms with E-state index in [1.54, 1.807) is 38.0 Å². The van der Waals surface area contributed by atoms with Crippen molar-refractivity contribution >= 4 is 29.5 Å². The van der Waals surface area contributed by atoms with E-state index < -0.39 is 42.3 Å². The van der Waals surface area contributed by atoms with Crippen molar-refractivity contribution in [2.75, 3.05) is 62.0 Å². The highest BCUT2D eigenvalue weighted by Gasteiger charge is 2.43. The SMILES string of the molecule is CC[C@H](C)[C@@H]([C@@H](CC(=O)N1CCC[C@H]1[C@H](OC)C(C)C(=O)N[C@@H](Cc1ccccc1)C(=O)NCCN(C)C)OC)N(C)C(=O)[C@@H](NC(=O)[C@H](C(C)C)N(C)C(C)C)C(C)C. The minimum atomic E-state index is -0.801. The van der Waals surface area contributed by atoms with Gasteiger partial charge in [-0.25, -0.2) is 0 Å². The highest BCUT2D eigenvalue weighted by Crippen LogP contribution is 2.30. The maximum absolute atomic E-state index is 14.4. The molecule has 0 saturated carbocycles. The van der Waals surface area contributed by atoms with E-state index in [-0.39, 0.29) is 65.8 Å². The third kappa shape index (κ3) is 14.8. The van der Waals surface area contributed by atoms with Crippen LogP contribution in [0.3, 0.4) is 0 Å². The summed E-state index contributed by atoms with van der Waals surface area (Å²) in [6.45, 7) is 19.4. The van der Waals surface area contributed by atoms with Crippen LogP contribution >= 0.6 is 0 Å². The van der Waals surface area contributed by atoms with Gasteiger partial charge in [-0.1, -0.05) is 85.2 Å². The quantitative estimate of drug-likeness (QED) is 0.134. The molecule has 0 bridgehead atoms. The molecule has 1 aliphatic heterocycles. The number of benzene rings is 1. The van der Waals surface area contributed by atoms with Crippen LogP contribution in [0.1, 0.15) is 93.6 Å². The van der Waals surface area contributed by atoms with Gasteiger partial charge in [-0.2, -0.15) is 0 Å². The third-order valence-corrected chi connectivity index (χ3v) is 12.4. The number of carbonyl (C=O) groups excluding carboxylic acids is 5. The minimum absolute atomic E-state index is 0.0101.